The molecule has 0 heterocycles. The van der Waals surface area contributed by atoms with Crippen molar-refractivity contribution in [1.29, 1.82) is 0 Å². The summed E-state index contributed by atoms with van der Waals surface area (Å²) in [5.74, 6) is 5.21. The molecule has 0 aromatic heterocycles. The van der Waals surface area contributed by atoms with E-state index in [9.17, 15) is 10.1 Å². The minimum Gasteiger partial charge on any atom is -0.407 e. The van der Waals surface area contributed by atoms with Gasteiger partial charge in [0.15, 0.2) is 5.75 Å². The smallest absolute Gasteiger partial charge is 0.247 e. The molecule has 0 amide bonds. The Morgan fingerprint density at radius 2 is 2.12 bits per heavy atom. The summed E-state index contributed by atoms with van der Waals surface area (Å²) >= 11 is 0. The average Bonchev–Trinajstić information content (AvgIpc) is 2.36. The van der Waals surface area contributed by atoms with Crippen LogP contribution < -0.4 is 15.6 Å². The van der Waals surface area contributed by atoms with Gasteiger partial charge in [0.1, 0.15) is 0 Å². The van der Waals surface area contributed by atoms with Crippen LogP contribution in [0, 0.1) is 10.1 Å². The van der Waals surface area contributed by atoms with Crippen molar-refractivity contribution in [2.75, 3.05) is 0 Å². The van der Waals surface area contributed by atoms with Crippen LogP contribution in [0.3, 0.4) is 0 Å². The van der Waals surface area contributed by atoms with Crippen molar-refractivity contribution in [3.63, 3.8) is 0 Å². The van der Waals surface area contributed by atoms with Gasteiger partial charge in [0.2, 0.25) is 11.4 Å². The van der Waals surface area contributed by atoms with Crippen LogP contribution in [0.25, 0.3) is 6.08 Å². The number of nitro groups is 1. The first-order valence-corrected chi connectivity index (χ1v) is 4.85. The fraction of sp³-hybridized carbons (Fsp3) is 0.200. The topological polar surface area (TPSA) is 108 Å². The van der Waals surface area contributed by atoms with Gasteiger partial charge in [0.05, 0.1) is 4.92 Å². The van der Waals surface area contributed by atoms with Crippen molar-refractivity contribution in [3.05, 3.63) is 39.1 Å². The first kappa shape index (κ1) is 11.4. The zero-order valence-corrected chi connectivity index (χ0v) is 8.75. The molecule has 0 saturated heterocycles. The summed E-state index contributed by atoms with van der Waals surface area (Å²) in [5.41, 5.74) is 1.61. The van der Waals surface area contributed by atoms with Crippen LogP contribution in [-0.2, 0) is 6.42 Å². The monoisotopic (exact) mass is 238 g/mol. The van der Waals surface area contributed by atoms with Gasteiger partial charge in [0, 0.05) is 12.5 Å². The molecule has 0 radical (unpaired) electrons. The van der Waals surface area contributed by atoms with Gasteiger partial charge in [-0.1, -0.05) is 0 Å². The molecule has 1 aliphatic carbocycles. The zero-order valence-electron chi connectivity index (χ0n) is 8.75. The van der Waals surface area contributed by atoms with Crippen LogP contribution in [0.5, 0.6) is 11.5 Å². The van der Waals surface area contributed by atoms with Gasteiger partial charge in [-0.3, -0.25) is 10.1 Å². The van der Waals surface area contributed by atoms with E-state index in [-0.39, 0.29) is 17.2 Å². The molecule has 0 spiro atoms. The van der Waals surface area contributed by atoms with Gasteiger partial charge in [0.25, 0.3) is 0 Å². The predicted octanol–water partition coefficient (Wildman–Crippen LogP) is 1.35. The van der Waals surface area contributed by atoms with E-state index in [1.807, 2.05) is 0 Å². The Hall–Kier alpha value is -2.12. The van der Waals surface area contributed by atoms with Crippen molar-refractivity contribution in [1.82, 2.24) is 0 Å². The number of fused-ring (bicyclic) bond motifs is 1. The molecule has 3 N–H and O–H groups in total. The second-order valence-corrected chi connectivity index (χ2v) is 3.60. The Morgan fingerprint density at radius 3 is 2.71 bits per heavy atom. The minimum atomic E-state index is -0.414. The second-order valence-electron chi connectivity index (χ2n) is 3.60. The fourth-order valence-electron chi connectivity index (χ4n) is 1.79. The van der Waals surface area contributed by atoms with Crippen LogP contribution in [0.4, 0.5) is 0 Å². The van der Waals surface area contributed by atoms with Gasteiger partial charge < -0.3 is 9.73 Å². The normalized spacial score (nSPS) is 13.6. The van der Waals surface area contributed by atoms with E-state index in [0.29, 0.717) is 18.4 Å². The van der Waals surface area contributed by atoms with Crippen molar-refractivity contribution in [3.8, 4) is 11.5 Å². The Labute approximate surface area is 96.1 Å². The van der Waals surface area contributed by atoms with Crippen molar-refractivity contribution < 1.29 is 19.9 Å². The third-order valence-corrected chi connectivity index (χ3v) is 2.64. The number of hydrogen-bond acceptors (Lipinski definition) is 6. The fourth-order valence-corrected chi connectivity index (χ4v) is 1.79. The molecule has 1 aromatic rings. The first-order chi connectivity index (χ1) is 8.15. The number of hydrogen-bond donors (Lipinski definition) is 2. The van der Waals surface area contributed by atoms with Crippen molar-refractivity contribution >= 4 is 6.08 Å². The number of allylic oxidation sites excluding steroid dienone is 1. The molecule has 7 nitrogen and oxygen atoms in total. The molecule has 17 heavy (non-hydrogen) atoms. The summed E-state index contributed by atoms with van der Waals surface area (Å²) in [5, 5.41) is 19.3. The summed E-state index contributed by atoms with van der Waals surface area (Å²) in [6.07, 6.45) is 2.31. The highest BCUT2D eigenvalue weighted by Crippen LogP contribution is 2.34. The van der Waals surface area contributed by atoms with Crippen LogP contribution in [0.2, 0.25) is 0 Å². The standard InChI is InChI=1S/C10H10N2O5/c11-16-9-5-7-3-8(12(13)14)2-1-6(7)4-10(9)17-15/h3-5,15H,1-2,11H2. The highest BCUT2D eigenvalue weighted by Gasteiger charge is 2.21. The molecule has 0 aliphatic heterocycles. The van der Waals surface area contributed by atoms with Gasteiger partial charge in [-0.05, 0) is 29.7 Å². The number of nitrogens with two attached hydrogens (primary N) is 1. The Bertz CT molecular complexity index is 498. The number of nitrogens with zero attached hydrogens (tertiary/aromatic N) is 1. The maximum Gasteiger partial charge on any atom is 0.247 e. The molecule has 0 fully saturated rings. The number of benzene rings is 1. The third kappa shape index (κ3) is 2.05. The maximum atomic E-state index is 10.7. The number of rotatable bonds is 3. The molecule has 2 rings (SSSR count). The van der Waals surface area contributed by atoms with Crippen molar-refractivity contribution in [2.45, 2.75) is 12.8 Å². The van der Waals surface area contributed by atoms with Gasteiger partial charge >= 0.3 is 0 Å². The van der Waals surface area contributed by atoms with Gasteiger partial charge in [-0.25, -0.2) is 5.26 Å². The molecular weight excluding hydrogens is 228 g/mol. The molecule has 90 valence electrons. The second kappa shape index (κ2) is 4.40. The van der Waals surface area contributed by atoms with Gasteiger partial charge in [-0.15, -0.1) is 0 Å². The Kier molecular flexibility index (Phi) is 2.94. The lowest BCUT2D eigenvalue weighted by Crippen LogP contribution is -2.09. The van der Waals surface area contributed by atoms with Crippen LogP contribution in [0.15, 0.2) is 17.8 Å². The Morgan fingerprint density at radius 1 is 1.35 bits per heavy atom. The highest BCUT2D eigenvalue weighted by molar-refractivity contribution is 5.63. The summed E-state index contributed by atoms with van der Waals surface area (Å²) in [4.78, 5) is 18.9. The van der Waals surface area contributed by atoms with Crippen LogP contribution in [-0.4, -0.2) is 10.2 Å². The molecule has 0 unspecified atom stereocenters. The predicted molar refractivity (Wildman–Crippen MR) is 57.8 cm³/mol. The summed E-state index contributed by atoms with van der Waals surface area (Å²) < 4.78 is 0. The van der Waals surface area contributed by atoms with E-state index in [1.165, 1.54) is 12.1 Å². The minimum absolute atomic E-state index is 0.0872. The van der Waals surface area contributed by atoms with E-state index >= 15 is 0 Å². The number of aryl methyl sites for hydroxylation is 1. The van der Waals surface area contributed by atoms with E-state index in [4.69, 9.17) is 11.2 Å². The maximum absolute atomic E-state index is 10.7. The largest absolute Gasteiger partial charge is 0.407 e. The molecule has 0 atom stereocenters. The molecule has 7 heteroatoms. The molecule has 1 aromatic carbocycles. The summed E-state index contributed by atoms with van der Waals surface area (Å²) in [6, 6.07) is 3.04. The SMILES string of the molecule is NOc1cc2c(cc1OO)CCC([N+](=O)[O-])=C2. The van der Waals surface area contributed by atoms with Crippen LogP contribution in [0.1, 0.15) is 17.5 Å². The van der Waals surface area contributed by atoms with E-state index in [2.05, 4.69) is 9.73 Å². The van der Waals surface area contributed by atoms with E-state index < -0.39 is 4.92 Å². The lowest BCUT2D eigenvalue weighted by atomic mass is 9.95. The highest BCUT2D eigenvalue weighted by atomic mass is 17.1. The lowest BCUT2D eigenvalue weighted by molar-refractivity contribution is -0.426. The molecule has 1 aliphatic rings. The van der Waals surface area contributed by atoms with Crippen LogP contribution >= 0.6 is 0 Å². The lowest BCUT2D eigenvalue weighted by Gasteiger charge is -2.14. The molecule has 0 saturated carbocycles. The Balaban J connectivity index is 2.49. The molecular formula is C10H10N2O5. The van der Waals surface area contributed by atoms with E-state index in [0.717, 1.165) is 5.56 Å². The average molecular weight is 238 g/mol. The third-order valence-electron chi connectivity index (χ3n) is 2.64. The molecule has 0 bridgehead atoms. The summed E-state index contributed by atoms with van der Waals surface area (Å²) in [6.45, 7) is 0. The van der Waals surface area contributed by atoms with Crippen molar-refractivity contribution in [2.24, 2.45) is 5.90 Å². The zero-order chi connectivity index (χ0) is 12.4. The first-order valence-electron chi connectivity index (χ1n) is 4.85. The summed E-state index contributed by atoms with van der Waals surface area (Å²) in [7, 11) is 0. The van der Waals surface area contributed by atoms with Gasteiger partial charge in [-0.2, -0.15) is 5.90 Å². The van der Waals surface area contributed by atoms with E-state index in [1.54, 1.807) is 6.07 Å². The quantitative estimate of drug-likeness (QED) is 0.467.